The van der Waals surface area contributed by atoms with Gasteiger partial charge in [-0.3, -0.25) is 4.79 Å². The van der Waals surface area contributed by atoms with Gasteiger partial charge in [0.2, 0.25) is 0 Å². The van der Waals surface area contributed by atoms with Crippen LogP contribution in [0.4, 0.5) is 4.79 Å². The van der Waals surface area contributed by atoms with Gasteiger partial charge in [0.1, 0.15) is 5.78 Å². The third-order valence-electron chi connectivity index (χ3n) is 3.99. The molecule has 0 N–H and O–H groups in total. The van der Waals surface area contributed by atoms with Crippen molar-refractivity contribution in [1.82, 2.24) is 4.90 Å². The summed E-state index contributed by atoms with van der Waals surface area (Å²) in [5.41, 5.74) is 1.98. The first-order chi connectivity index (χ1) is 11.0. The van der Waals surface area contributed by atoms with Gasteiger partial charge in [0.05, 0.1) is 26.9 Å². The van der Waals surface area contributed by atoms with Gasteiger partial charge in [-0.25, -0.2) is 4.79 Å². The number of amides is 1. The second kappa shape index (κ2) is 7.35. The lowest BCUT2D eigenvalue weighted by molar-refractivity contribution is -0.118. The molecule has 1 atom stereocenters. The van der Waals surface area contributed by atoms with E-state index in [1.165, 1.54) is 6.92 Å². The SMILES string of the molecule is CCOC(=O)N1CCc2cc(OC)c(OC)cc2C1CC(C)=O. The Morgan fingerprint density at radius 2 is 1.87 bits per heavy atom. The number of methoxy groups -OCH3 is 2. The van der Waals surface area contributed by atoms with Crippen molar-refractivity contribution in [2.24, 2.45) is 0 Å². The molecule has 1 unspecified atom stereocenters. The number of carbonyl (C=O) groups excluding carboxylic acids is 2. The van der Waals surface area contributed by atoms with Crippen molar-refractivity contribution < 1.29 is 23.8 Å². The third-order valence-corrected chi connectivity index (χ3v) is 3.99. The van der Waals surface area contributed by atoms with Crippen LogP contribution in [-0.2, 0) is 16.0 Å². The fourth-order valence-corrected chi connectivity index (χ4v) is 2.95. The number of rotatable bonds is 5. The first-order valence-electron chi connectivity index (χ1n) is 7.69. The smallest absolute Gasteiger partial charge is 0.410 e. The van der Waals surface area contributed by atoms with Crippen LogP contribution in [0.3, 0.4) is 0 Å². The van der Waals surface area contributed by atoms with Crippen LogP contribution >= 0.6 is 0 Å². The molecule has 0 saturated heterocycles. The maximum absolute atomic E-state index is 12.2. The van der Waals surface area contributed by atoms with Gasteiger partial charge in [-0.05, 0) is 43.5 Å². The second-order valence-electron chi connectivity index (χ2n) is 5.47. The highest BCUT2D eigenvalue weighted by molar-refractivity contribution is 5.78. The molecule has 6 nitrogen and oxygen atoms in total. The van der Waals surface area contributed by atoms with Crippen LogP contribution in [0.1, 0.15) is 37.4 Å². The summed E-state index contributed by atoms with van der Waals surface area (Å²) in [4.78, 5) is 25.5. The Kier molecular flexibility index (Phi) is 5.47. The van der Waals surface area contributed by atoms with Crippen LogP contribution < -0.4 is 9.47 Å². The number of carbonyl (C=O) groups is 2. The molecule has 0 saturated carbocycles. The van der Waals surface area contributed by atoms with E-state index in [1.807, 2.05) is 12.1 Å². The Morgan fingerprint density at radius 3 is 2.43 bits per heavy atom. The van der Waals surface area contributed by atoms with E-state index >= 15 is 0 Å². The third kappa shape index (κ3) is 3.57. The molecular formula is C17H23NO5. The van der Waals surface area contributed by atoms with Crippen molar-refractivity contribution in [2.75, 3.05) is 27.4 Å². The minimum atomic E-state index is -0.390. The number of ketones is 1. The molecule has 1 aromatic carbocycles. The van der Waals surface area contributed by atoms with Gasteiger partial charge in [-0.2, -0.15) is 0 Å². The average Bonchev–Trinajstić information content (AvgIpc) is 2.53. The quantitative estimate of drug-likeness (QED) is 0.834. The van der Waals surface area contributed by atoms with Crippen molar-refractivity contribution in [3.05, 3.63) is 23.3 Å². The minimum Gasteiger partial charge on any atom is -0.493 e. The molecule has 0 aromatic heterocycles. The van der Waals surface area contributed by atoms with E-state index in [2.05, 4.69) is 0 Å². The maximum atomic E-state index is 12.2. The molecule has 23 heavy (non-hydrogen) atoms. The lowest BCUT2D eigenvalue weighted by atomic mass is 9.89. The Labute approximate surface area is 136 Å². The van der Waals surface area contributed by atoms with E-state index in [0.29, 0.717) is 31.1 Å². The number of fused-ring (bicyclic) bond motifs is 1. The predicted molar refractivity (Wildman–Crippen MR) is 85.0 cm³/mol. The molecule has 6 heteroatoms. The zero-order valence-corrected chi connectivity index (χ0v) is 14.0. The molecule has 2 rings (SSSR count). The summed E-state index contributed by atoms with van der Waals surface area (Å²) in [6.07, 6.45) is 0.545. The van der Waals surface area contributed by atoms with Gasteiger partial charge in [0, 0.05) is 13.0 Å². The lowest BCUT2D eigenvalue weighted by Gasteiger charge is -2.36. The normalized spacial score (nSPS) is 16.5. The van der Waals surface area contributed by atoms with Crippen LogP contribution in [0.15, 0.2) is 12.1 Å². The summed E-state index contributed by atoms with van der Waals surface area (Å²) < 4.78 is 15.8. The molecule has 1 aromatic rings. The highest BCUT2D eigenvalue weighted by Gasteiger charge is 2.33. The number of Topliss-reactive ketones (excluding diaryl/α,β-unsaturated/α-hetero) is 1. The summed E-state index contributed by atoms with van der Waals surface area (Å²) in [5, 5.41) is 0. The van der Waals surface area contributed by atoms with Crippen LogP contribution in [0, 0.1) is 0 Å². The molecule has 126 valence electrons. The van der Waals surface area contributed by atoms with Gasteiger partial charge in [0.15, 0.2) is 11.5 Å². The molecule has 1 aliphatic heterocycles. The van der Waals surface area contributed by atoms with Crippen LogP contribution in [0.25, 0.3) is 0 Å². The molecular weight excluding hydrogens is 298 g/mol. The number of benzene rings is 1. The Morgan fingerprint density at radius 1 is 1.22 bits per heavy atom. The van der Waals surface area contributed by atoms with Crippen molar-refractivity contribution in [1.29, 1.82) is 0 Å². The number of hydrogen-bond acceptors (Lipinski definition) is 5. The minimum absolute atomic E-state index is 0.0203. The summed E-state index contributed by atoms with van der Waals surface area (Å²) in [6, 6.07) is 3.44. The molecule has 0 bridgehead atoms. The molecule has 0 fully saturated rings. The number of hydrogen-bond donors (Lipinski definition) is 0. The van der Waals surface area contributed by atoms with E-state index in [4.69, 9.17) is 14.2 Å². The maximum Gasteiger partial charge on any atom is 0.410 e. The first-order valence-corrected chi connectivity index (χ1v) is 7.69. The topological polar surface area (TPSA) is 65.1 Å². The standard InChI is InChI=1S/C17H23NO5/c1-5-23-17(20)18-7-6-12-9-15(21-3)16(22-4)10-13(12)14(18)8-11(2)19/h9-10,14H,5-8H2,1-4H3. The summed E-state index contributed by atoms with van der Waals surface area (Å²) in [5.74, 6) is 1.26. The molecule has 1 amide bonds. The summed E-state index contributed by atoms with van der Waals surface area (Å²) in [6.45, 7) is 4.11. The zero-order chi connectivity index (χ0) is 17.0. The van der Waals surface area contributed by atoms with Gasteiger partial charge in [-0.1, -0.05) is 0 Å². The molecule has 1 aliphatic rings. The Hall–Kier alpha value is -2.24. The van der Waals surface area contributed by atoms with E-state index in [1.54, 1.807) is 26.0 Å². The van der Waals surface area contributed by atoms with Crippen molar-refractivity contribution in [3.63, 3.8) is 0 Å². The van der Waals surface area contributed by atoms with Gasteiger partial charge < -0.3 is 19.1 Å². The van der Waals surface area contributed by atoms with Gasteiger partial charge >= 0.3 is 6.09 Å². The molecule has 0 radical (unpaired) electrons. The highest BCUT2D eigenvalue weighted by Crippen LogP contribution is 2.39. The highest BCUT2D eigenvalue weighted by atomic mass is 16.6. The lowest BCUT2D eigenvalue weighted by Crippen LogP contribution is -2.41. The zero-order valence-electron chi connectivity index (χ0n) is 14.0. The molecule has 0 spiro atoms. The predicted octanol–water partition coefficient (Wildman–Crippen LogP) is 2.74. The molecule has 0 aliphatic carbocycles. The molecule has 1 heterocycles. The van der Waals surface area contributed by atoms with Crippen molar-refractivity contribution in [3.8, 4) is 11.5 Å². The van der Waals surface area contributed by atoms with Gasteiger partial charge in [0.25, 0.3) is 0 Å². The second-order valence-corrected chi connectivity index (χ2v) is 5.47. The van der Waals surface area contributed by atoms with Crippen LogP contribution in [-0.4, -0.2) is 44.1 Å². The fourth-order valence-electron chi connectivity index (χ4n) is 2.95. The van der Waals surface area contributed by atoms with Crippen LogP contribution in [0.2, 0.25) is 0 Å². The summed E-state index contributed by atoms with van der Waals surface area (Å²) in [7, 11) is 3.15. The number of nitrogens with zero attached hydrogens (tertiary/aromatic N) is 1. The van der Waals surface area contributed by atoms with Gasteiger partial charge in [-0.15, -0.1) is 0 Å². The summed E-state index contributed by atoms with van der Waals surface area (Å²) >= 11 is 0. The fraction of sp³-hybridized carbons (Fsp3) is 0.529. The number of ether oxygens (including phenoxy) is 3. The van der Waals surface area contributed by atoms with E-state index in [9.17, 15) is 9.59 Å². The first kappa shape index (κ1) is 17.1. The monoisotopic (exact) mass is 321 g/mol. The Balaban J connectivity index is 2.45. The van der Waals surface area contributed by atoms with E-state index in [0.717, 1.165) is 11.1 Å². The van der Waals surface area contributed by atoms with Crippen LogP contribution in [0.5, 0.6) is 11.5 Å². The largest absolute Gasteiger partial charge is 0.493 e. The average molecular weight is 321 g/mol. The van der Waals surface area contributed by atoms with Crippen molar-refractivity contribution in [2.45, 2.75) is 32.7 Å². The Bertz CT molecular complexity index is 599. The van der Waals surface area contributed by atoms with E-state index < -0.39 is 0 Å². The van der Waals surface area contributed by atoms with E-state index in [-0.39, 0.29) is 24.3 Å². The van der Waals surface area contributed by atoms with Crippen molar-refractivity contribution >= 4 is 11.9 Å².